The molecule has 9 heteroatoms. The van der Waals surface area contributed by atoms with Gasteiger partial charge in [0.05, 0.1) is 17.7 Å². The van der Waals surface area contributed by atoms with Gasteiger partial charge in [-0.15, -0.1) is 11.3 Å². The third-order valence-electron chi connectivity index (χ3n) is 5.96. The number of carboxylic acid groups (broad SMARTS) is 1. The van der Waals surface area contributed by atoms with Gasteiger partial charge in [0.1, 0.15) is 17.5 Å². The Morgan fingerprint density at radius 3 is 2.59 bits per heavy atom. The number of nitrogens with zero attached hydrogens (tertiary/aromatic N) is 2. The fourth-order valence-electron chi connectivity index (χ4n) is 4.09. The topological polar surface area (TPSA) is 115 Å². The van der Waals surface area contributed by atoms with Crippen molar-refractivity contribution in [1.82, 2.24) is 10.1 Å². The minimum atomic E-state index is -0.874. The van der Waals surface area contributed by atoms with E-state index in [1.165, 1.54) is 11.3 Å². The molecule has 0 aliphatic carbocycles. The van der Waals surface area contributed by atoms with Crippen LogP contribution < -0.4 is 5.32 Å². The van der Waals surface area contributed by atoms with E-state index in [4.69, 9.17) is 19.4 Å². The van der Waals surface area contributed by atoms with Crippen molar-refractivity contribution >= 4 is 39.2 Å². The molecule has 186 valence electrons. The third-order valence-corrected chi connectivity index (χ3v) is 6.91. The molecule has 1 amide bonds. The molecule has 0 aliphatic heterocycles. The summed E-state index contributed by atoms with van der Waals surface area (Å²) in [4.78, 5) is 28.4. The van der Waals surface area contributed by atoms with Crippen LogP contribution in [0.2, 0.25) is 0 Å². The lowest BCUT2D eigenvalue weighted by molar-refractivity contribution is -0.136. The predicted molar refractivity (Wildman–Crippen MR) is 142 cm³/mol. The Labute approximate surface area is 216 Å². The molecule has 5 rings (SSSR count). The molecule has 3 heterocycles. The number of ether oxygens (including phenoxy) is 1. The Bertz CT molecular complexity index is 1570. The zero-order valence-corrected chi connectivity index (χ0v) is 20.9. The van der Waals surface area contributed by atoms with Crippen LogP contribution in [0.3, 0.4) is 0 Å². The summed E-state index contributed by atoms with van der Waals surface area (Å²) in [6, 6.07) is 18.8. The quantitative estimate of drug-likeness (QED) is 0.244. The van der Waals surface area contributed by atoms with E-state index in [9.17, 15) is 9.59 Å². The molecule has 1 atom stereocenters. The van der Waals surface area contributed by atoms with E-state index in [-0.39, 0.29) is 6.42 Å². The predicted octanol–water partition coefficient (Wildman–Crippen LogP) is 6.86. The summed E-state index contributed by atoms with van der Waals surface area (Å²) in [5, 5.41) is 18.8. The van der Waals surface area contributed by atoms with Gasteiger partial charge in [-0.3, -0.25) is 15.1 Å². The van der Waals surface area contributed by atoms with Crippen molar-refractivity contribution in [1.29, 1.82) is 0 Å². The summed E-state index contributed by atoms with van der Waals surface area (Å²) in [6.07, 6.45) is 0.616. The summed E-state index contributed by atoms with van der Waals surface area (Å²) in [5.41, 5.74) is 4.88. The Kier molecular flexibility index (Phi) is 6.70. The average molecular weight is 514 g/mol. The Morgan fingerprint density at radius 2 is 1.86 bits per heavy atom. The number of carbonyl (C=O) groups is 2. The molecule has 0 radical (unpaired) electrons. The molecule has 0 aliphatic rings. The van der Waals surface area contributed by atoms with Gasteiger partial charge in [0.15, 0.2) is 5.76 Å². The van der Waals surface area contributed by atoms with E-state index in [2.05, 4.69) is 10.5 Å². The molecular formula is C28H23N3O5S. The lowest BCUT2D eigenvalue weighted by Gasteiger charge is -2.14. The zero-order chi connectivity index (χ0) is 25.9. The van der Waals surface area contributed by atoms with E-state index in [1.54, 1.807) is 25.3 Å². The summed E-state index contributed by atoms with van der Waals surface area (Å²) >= 11 is 1.52. The molecule has 0 fully saturated rings. The number of fused-ring (bicyclic) bond motifs is 1. The second kappa shape index (κ2) is 10.2. The van der Waals surface area contributed by atoms with E-state index >= 15 is 0 Å². The van der Waals surface area contributed by atoms with Gasteiger partial charge in [0, 0.05) is 21.8 Å². The van der Waals surface area contributed by atoms with E-state index in [0.717, 1.165) is 32.5 Å². The van der Waals surface area contributed by atoms with Gasteiger partial charge >= 0.3 is 12.1 Å². The van der Waals surface area contributed by atoms with Gasteiger partial charge in [0.25, 0.3) is 0 Å². The number of aryl methyl sites for hydroxylation is 1. The molecule has 0 bridgehead atoms. The molecule has 0 saturated heterocycles. The van der Waals surface area contributed by atoms with Crippen molar-refractivity contribution in [2.45, 2.75) is 26.4 Å². The van der Waals surface area contributed by atoms with Crippen molar-refractivity contribution in [2.75, 3.05) is 5.32 Å². The molecular weight excluding hydrogens is 490 g/mol. The van der Waals surface area contributed by atoms with Crippen LogP contribution >= 0.6 is 11.3 Å². The third kappa shape index (κ3) is 5.07. The highest BCUT2D eigenvalue weighted by atomic mass is 32.1. The van der Waals surface area contributed by atoms with Crippen molar-refractivity contribution < 1.29 is 24.0 Å². The minimum Gasteiger partial charge on any atom is -0.481 e. The molecule has 8 nitrogen and oxygen atoms in total. The van der Waals surface area contributed by atoms with Crippen LogP contribution in [0, 0.1) is 6.92 Å². The number of thiophene rings is 1. The van der Waals surface area contributed by atoms with Crippen LogP contribution in [0.15, 0.2) is 76.8 Å². The standard InChI is InChI=1S/C28H23N3O5S/c1-16-24(30-28(34)35-17(2)19-6-4-3-5-7-19)26(36-31-16)22-15-29-25(21-12-13-37-27(21)22)20-10-8-18(9-11-20)14-23(32)33/h3-13,15,17H,14H2,1-2H3,(H,30,34)(H,32,33). The summed E-state index contributed by atoms with van der Waals surface area (Å²) in [6.45, 7) is 3.55. The first kappa shape index (κ1) is 24.2. The van der Waals surface area contributed by atoms with Crippen LogP contribution in [0.25, 0.3) is 32.7 Å². The first-order chi connectivity index (χ1) is 17.9. The normalized spacial score (nSPS) is 11.8. The van der Waals surface area contributed by atoms with Crippen molar-refractivity contribution in [3.8, 4) is 22.6 Å². The highest BCUT2D eigenvalue weighted by Gasteiger charge is 2.23. The molecule has 5 aromatic rings. The Balaban J connectivity index is 1.43. The van der Waals surface area contributed by atoms with Crippen molar-refractivity contribution in [3.63, 3.8) is 0 Å². The largest absolute Gasteiger partial charge is 0.481 e. The average Bonchev–Trinajstić information content (AvgIpc) is 3.52. The van der Waals surface area contributed by atoms with E-state index in [0.29, 0.717) is 22.7 Å². The van der Waals surface area contributed by atoms with E-state index < -0.39 is 18.2 Å². The van der Waals surface area contributed by atoms with Crippen LogP contribution in [0.5, 0.6) is 0 Å². The Morgan fingerprint density at radius 1 is 1.11 bits per heavy atom. The highest BCUT2D eigenvalue weighted by molar-refractivity contribution is 7.17. The molecule has 1 unspecified atom stereocenters. The number of hydrogen-bond donors (Lipinski definition) is 2. The van der Waals surface area contributed by atoms with Gasteiger partial charge in [-0.05, 0) is 36.4 Å². The van der Waals surface area contributed by atoms with E-state index in [1.807, 2.05) is 60.8 Å². The number of carbonyl (C=O) groups excluding carboxylic acids is 1. The summed E-state index contributed by atoms with van der Waals surface area (Å²) < 4.78 is 12.1. The van der Waals surface area contributed by atoms with Gasteiger partial charge in [-0.25, -0.2) is 4.79 Å². The molecule has 2 N–H and O–H groups in total. The first-order valence-electron chi connectivity index (χ1n) is 11.6. The van der Waals surface area contributed by atoms with Crippen LogP contribution in [0.1, 0.15) is 29.8 Å². The van der Waals surface area contributed by atoms with Crippen LogP contribution in [0.4, 0.5) is 10.5 Å². The maximum absolute atomic E-state index is 12.7. The number of pyridine rings is 1. The fraction of sp³-hybridized carbons (Fsp3) is 0.143. The number of aromatic nitrogens is 2. The van der Waals surface area contributed by atoms with Crippen molar-refractivity contribution in [3.05, 3.63) is 89.1 Å². The fourth-order valence-corrected chi connectivity index (χ4v) is 5.00. The number of amides is 1. The van der Waals surface area contributed by atoms with Gasteiger partial charge in [-0.1, -0.05) is 59.8 Å². The first-order valence-corrected chi connectivity index (χ1v) is 12.4. The maximum Gasteiger partial charge on any atom is 0.412 e. The molecule has 3 aromatic heterocycles. The Hall–Kier alpha value is -4.50. The molecule has 0 saturated carbocycles. The minimum absolute atomic E-state index is 0.0340. The number of aliphatic carboxylic acids is 1. The lowest BCUT2D eigenvalue weighted by atomic mass is 10.0. The summed E-state index contributed by atoms with van der Waals surface area (Å²) in [5.74, 6) is -0.481. The number of hydrogen-bond acceptors (Lipinski definition) is 7. The van der Waals surface area contributed by atoms with Gasteiger partial charge < -0.3 is 14.4 Å². The maximum atomic E-state index is 12.7. The van der Waals surface area contributed by atoms with Gasteiger partial charge in [-0.2, -0.15) is 0 Å². The second-order valence-electron chi connectivity index (χ2n) is 8.51. The number of anilines is 1. The molecule has 0 spiro atoms. The number of rotatable bonds is 7. The highest BCUT2D eigenvalue weighted by Crippen LogP contribution is 2.40. The van der Waals surface area contributed by atoms with Crippen LogP contribution in [-0.2, 0) is 16.0 Å². The molecule has 37 heavy (non-hydrogen) atoms. The van der Waals surface area contributed by atoms with Crippen molar-refractivity contribution in [2.24, 2.45) is 0 Å². The number of benzene rings is 2. The smallest absolute Gasteiger partial charge is 0.412 e. The lowest BCUT2D eigenvalue weighted by Crippen LogP contribution is -2.16. The van der Waals surface area contributed by atoms with Gasteiger partial charge in [0.2, 0.25) is 0 Å². The second-order valence-corrected chi connectivity index (χ2v) is 9.42. The summed E-state index contributed by atoms with van der Waals surface area (Å²) in [7, 11) is 0. The number of nitrogens with one attached hydrogen (secondary N) is 1. The monoisotopic (exact) mass is 513 g/mol. The zero-order valence-electron chi connectivity index (χ0n) is 20.1. The molecule has 2 aromatic carbocycles. The number of carboxylic acids is 1. The van der Waals surface area contributed by atoms with Crippen LogP contribution in [-0.4, -0.2) is 27.3 Å². The SMILES string of the molecule is Cc1noc(-c2cnc(-c3ccc(CC(=O)O)cc3)c3ccsc23)c1NC(=O)OC(C)c1ccccc1.